The molecule has 1 saturated heterocycles. The summed E-state index contributed by atoms with van der Waals surface area (Å²) in [7, 11) is 0. The number of carboxylic acids is 1. The van der Waals surface area contributed by atoms with Gasteiger partial charge in [-0.25, -0.2) is 4.98 Å². The number of hydrogen-bond acceptors (Lipinski definition) is 5. The highest BCUT2D eigenvalue weighted by Gasteiger charge is 2.34. The van der Waals surface area contributed by atoms with Crippen molar-refractivity contribution in [3.63, 3.8) is 0 Å². The van der Waals surface area contributed by atoms with Crippen LogP contribution in [0.4, 0.5) is 0 Å². The lowest BCUT2D eigenvalue weighted by atomic mass is 9.94. The molecule has 6 nitrogen and oxygen atoms in total. The minimum Gasteiger partial charge on any atom is -0.481 e. The molecule has 1 aliphatic rings. The fraction of sp³-hybridized carbons (Fsp3) is 0.353. The quantitative estimate of drug-likeness (QED) is 0.878. The largest absolute Gasteiger partial charge is 0.481 e. The number of thiazole rings is 1. The molecule has 7 heteroatoms. The van der Waals surface area contributed by atoms with E-state index in [1.165, 1.54) is 16.2 Å². The van der Waals surface area contributed by atoms with Crippen molar-refractivity contribution in [1.82, 2.24) is 9.88 Å². The summed E-state index contributed by atoms with van der Waals surface area (Å²) in [5.41, 5.74) is 1.71. The molecule has 0 spiro atoms. The Kier molecular flexibility index (Phi) is 4.92. The topological polar surface area (TPSA) is 90.7 Å². The summed E-state index contributed by atoms with van der Waals surface area (Å²) in [6, 6.07) is 9.76. The maximum Gasteiger partial charge on any atom is 0.309 e. The number of carbonyl (C=O) groups is 2. The van der Waals surface area contributed by atoms with E-state index in [0.717, 1.165) is 10.6 Å². The fourth-order valence-corrected chi connectivity index (χ4v) is 3.64. The molecule has 2 N–H and O–H groups in total. The number of nitrogens with zero attached hydrogens (tertiary/aromatic N) is 2. The smallest absolute Gasteiger partial charge is 0.309 e. The van der Waals surface area contributed by atoms with Gasteiger partial charge >= 0.3 is 5.97 Å². The highest BCUT2D eigenvalue weighted by molar-refractivity contribution is 7.13. The Bertz CT molecular complexity index is 731. The van der Waals surface area contributed by atoms with Crippen LogP contribution in [0, 0.1) is 5.92 Å². The monoisotopic (exact) mass is 346 g/mol. The van der Waals surface area contributed by atoms with Gasteiger partial charge in [0.1, 0.15) is 5.01 Å². The predicted molar refractivity (Wildman–Crippen MR) is 89.6 cm³/mol. The standard InChI is InChI=1S/C17H18N2O4S/c20-14-9-19(7-6-13(14)17(22)23)15(21)8-12-10-24-16(18-12)11-4-2-1-3-5-11/h1-5,10,13-14,20H,6-9H2,(H,22,23)/t13-,14+/m0/s1. The van der Waals surface area contributed by atoms with Crippen molar-refractivity contribution in [2.75, 3.05) is 13.1 Å². The van der Waals surface area contributed by atoms with E-state index in [9.17, 15) is 14.7 Å². The molecule has 2 aromatic rings. The van der Waals surface area contributed by atoms with Gasteiger partial charge < -0.3 is 15.1 Å². The second-order valence-electron chi connectivity index (χ2n) is 5.83. The summed E-state index contributed by atoms with van der Waals surface area (Å²) in [6.07, 6.45) is -0.585. The number of β-amino-alcohol motifs (C(OH)–C–C–N with tert-alkyl or cyclic N) is 1. The zero-order valence-corrected chi connectivity index (χ0v) is 13.8. The van der Waals surface area contributed by atoms with Crippen LogP contribution in [0.5, 0.6) is 0 Å². The van der Waals surface area contributed by atoms with E-state index in [-0.39, 0.29) is 25.3 Å². The molecule has 24 heavy (non-hydrogen) atoms. The molecule has 1 aromatic carbocycles. The van der Waals surface area contributed by atoms with Crippen LogP contribution in [0.15, 0.2) is 35.7 Å². The fourth-order valence-electron chi connectivity index (χ4n) is 2.81. The molecule has 1 fully saturated rings. The van der Waals surface area contributed by atoms with Gasteiger partial charge in [-0.1, -0.05) is 30.3 Å². The molecule has 0 aliphatic carbocycles. The third-order valence-corrected chi connectivity index (χ3v) is 5.10. The Morgan fingerprint density at radius 3 is 2.71 bits per heavy atom. The third-order valence-electron chi connectivity index (χ3n) is 4.16. The number of amides is 1. The third kappa shape index (κ3) is 3.63. The van der Waals surface area contributed by atoms with Gasteiger partial charge in [0.15, 0.2) is 0 Å². The van der Waals surface area contributed by atoms with Crippen LogP contribution in [0.25, 0.3) is 10.6 Å². The van der Waals surface area contributed by atoms with Gasteiger partial charge in [0.2, 0.25) is 5.91 Å². The Morgan fingerprint density at radius 2 is 2.04 bits per heavy atom. The van der Waals surface area contributed by atoms with Crippen molar-refractivity contribution in [3.05, 3.63) is 41.4 Å². The lowest BCUT2D eigenvalue weighted by Crippen LogP contribution is -2.49. The second-order valence-corrected chi connectivity index (χ2v) is 6.69. The number of aliphatic hydroxyl groups is 1. The highest BCUT2D eigenvalue weighted by Crippen LogP contribution is 2.24. The molecule has 1 aromatic heterocycles. The number of piperidine rings is 1. The first-order valence-electron chi connectivity index (χ1n) is 7.73. The maximum absolute atomic E-state index is 12.4. The maximum atomic E-state index is 12.4. The number of carboxylic acid groups (broad SMARTS) is 1. The zero-order chi connectivity index (χ0) is 17.1. The summed E-state index contributed by atoms with van der Waals surface area (Å²) in [4.78, 5) is 29.4. The molecule has 1 aliphatic heterocycles. The van der Waals surface area contributed by atoms with Gasteiger partial charge in [-0.3, -0.25) is 9.59 Å². The Hall–Kier alpha value is -2.25. The van der Waals surface area contributed by atoms with Crippen LogP contribution >= 0.6 is 11.3 Å². The molecule has 126 valence electrons. The number of aliphatic hydroxyl groups excluding tert-OH is 1. The van der Waals surface area contributed by atoms with Gasteiger partial charge in [-0.05, 0) is 6.42 Å². The van der Waals surface area contributed by atoms with Crippen molar-refractivity contribution in [1.29, 1.82) is 0 Å². The van der Waals surface area contributed by atoms with Crippen LogP contribution in [-0.4, -0.2) is 51.2 Å². The highest BCUT2D eigenvalue weighted by atomic mass is 32.1. The Labute approximate surface area is 143 Å². The number of benzene rings is 1. The minimum atomic E-state index is -1.02. The van der Waals surface area contributed by atoms with Crippen LogP contribution < -0.4 is 0 Å². The summed E-state index contributed by atoms with van der Waals surface area (Å²) in [6.45, 7) is 0.411. The lowest BCUT2D eigenvalue weighted by molar-refractivity contribution is -0.152. The summed E-state index contributed by atoms with van der Waals surface area (Å²) >= 11 is 1.49. The number of likely N-dealkylation sites (tertiary alicyclic amines) is 1. The van der Waals surface area contributed by atoms with Gasteiger partial charge in [0.25, 0.3) is 0 Å². The molecular weight excluding hydrogens is 328 g/mol. The van der Waals surface area contributed by atoms with Crippen molar-refractivity contribution < 1.29 is 19.8 Å². The minimum absolute atomic E-state index is 0.0610. The molecule has 1 amide bonds. The molecule has 2 heterocycles. The first kappa shape index (κ1) is 16.6. The van der Waals surface area contributed by atoms with Crippen LogP contribution in [0.1, 0.15) is 12.1 Å². The Balaban J connectivity index is 1.62. The molecule has 0 radical (unpaired) electrons. The van der Waals surface area contributed by atoms with Crippen molar-refractivity contribution >= 4 is 23.2 Å². The first-order valence-corrected chi connectivity index (χ1v) is 8.61. The second kappa shape index (κ2) is 7.11. The Morgan fingerprint density at radius 1 is 1.29 bits per heavy atom. The summed E-state index contributed by atoms with van der Waals surface area (Å²) < 4.78 is 0. The first-order chi connectivity index (χ1) is 11.5. The van der Waals surface area contributed by atoms with Crippen molar-refractivity contribution in [3.8, 4) is 10.6 Å². The predicted octanol–water partition coefficient (Wildman–Crippen LogP) is 1.65. The van der Waals surface area contributed by atoms with Gasteiger partial charge in [-0.2, -0.15) is 0 Å². The molecule has 0 saturated carbocycles. The molecule has 2 atom stereocenters. The average molecular weight is 346 g/mol. The zero-order valence-electron chi connectivity index (χ0n) is 13.0. The summed E-state index contributed by atoms with van der Waals surface area (Å²) in [5, 5.41) is 21.6. The number of aromatic nitrogens is 1. The molecule has 0 bridgehead atoms. The molecule has 3 rings (SSSR count). The lowest BCUT2D eigenvalue weighted by Gasteiger charge is -2.33. The van der Waals surface area contributed by atoms with E-state index in [4.69, 9.17) is 5.11 Å². The van der Waals surface area contributed by atoms with E-state index >= 15 is 0 Å². The number of aliphatic carboxylic acids is 1. The van der Waals surface area contributed by atoms with Crippen molar-refractivity contribution in [2.45, 2.75) is 18.9 Å². The van der Waals surface area contributed by atoms with Gasteiger partial charge in [0, 0.05) is 24.0 Å². The average Bonchev–Trinajstić information content (AvgIpc) is 3.03. The molecule has 0 unspecified atom stereocenters. The van der Waals surface area contributed by atoms with Crippen molar-refractivity contribution in [2.24, 2.45) is 5.92 Å². The van der Waals surface area contributed by atoms with Gasteiger partial charge in [-0.15, -0.1) is 11.3 Å². The van der Waals surface area contributed by atoms with E-state index in [1.54, 1.807) is 0 Å². The van der Waals surface area contributed by atoms with E-state index in [0.29, 0.717) is 12.2 Å². The SMILES string of the molecule is O=C(O)[C@H]1CCN(C(=O)Cc2csc(-c3ccccc3)n2)C[C@H]1O. The van der Waals surface area contributed by atoms with Gasteiger partial charge in [0.05, 0.1) is 24.1 Å². The number of carbonyl (C=O) groups excluding carboxylic acids is 1. The van der Waals surface area contributed by atoms with E-state index in [2.05, 4.69) is 4.98 Å². The normalized spacial score (nSPS) is 20.8. The number of hydrogen-bond donors (Lipinski definition) is 2. The number of rotatable bonds is 4. The molecular formula is C17H18N2O4S. The summed E-state index contributed by atoms with van der Waals surface area (Å²) in [5.74, 6) is -1.94. The van der Waals surface area contributed by atoms with E-state index < -0.39 is 18.0 Å². The van der Waals surface area contributed by atoms with Crippen LogP contribution in [0.2, 0.25) is 0 Å². The van der Waals surface area contributed by atoms with Crippen LogP contribution in [0.3, 0.4) is 0 Å². The van der Waals surface area contributed by atoms with Crippen LogP contribution in [-0.2, 0) is 16.0 Å². The van der Waals surface area contributed by atoms with E-state index in [1.807, 2.05) is 35.7 Å².